The van der Waals surface area contributed by atoms with Crippen molar-refractivity contribution in [2.75, 3.05) is 19.8 Å². The van der Waals surface area contributed by atoms with Crippen molar-refractivity contribution in [3.05, 3.63) is 0 Å². The fourth-order valence-electron chi connectivity index (χ4n) is 2.37. The van der Waals surface area contributed by atoms with Crippen LogP contribution in [0, 0.1) is 5.92 Å². The largest absolute Gasteiger partial charge is 0.396 e. The molecule has 1 aliphatic heterocycles. The molecule has 16 heavy (non-hydrogen) atoms. The van der Waals surface area contributed by atoms with Crippen LogP contribution in [0.15, 0.2) is 0 Å². The Morgan fingerprint density at radius 1 is 1.50 bits per heavy atom. The summed E-state index contributed by atoms with van der Waals surface area (Å²) in [6.07, 6.45) is 4.25. The molecule has 3 nitrogen and oxygen atoms in total. The summed E-state index contributed by atoms with van der Waals surface area (Å²) in [5.41, 5.74) is 0.0224. The van der Waals surface area contributed by atoms with Gasteiger partial charge in [-0.25, -0.2) is 0 Å². The van der Waals surface area contributed by atoms with Gasteiger partial charge >= 0.3 is 0 Å². The molecule has 0 spiro atoms. The molecule has 1 fully saturated rings. The zero-order chi connectivity index (χ0) is 12.0. The van der Waals surface area contributed by atoms with Crippen molar-refractivity contribution in [2.45, 2.75) is 58.1 Å². The first kappa shape index (κ1) is 13.9. The Balaban J connectivity index is 2.26. The van der Waals surface area contributed by atoms with E-state index in [4.69, 9.17) is 9.84 Å². The summed E-state index contributed by atoms with van der Waals surface area (Å²) < 4.78 is 5.70. The molecule has 1 heterocycles. The molecule has 0 aromatic heterocycles. The number of hydrogen-bond donors (Lipinski definition) is 2. The van der Waals surface area contributed by atoms with Crippen LogP contribution in [0.4, 0.5) is 0 Å². The van der Waals surface area contributed by atoms with Gasteiger partial charge in [-0.05, 0) is 45.6 Å². The predicted molar refractivity (Wildman–Crippen MR) is 66.5 cm³/mol. The van der Waals surface area contributed by atoms with Gasteiger partial charge in [0.15, 0.2) is 0 Å². The van der Waals surface area contributed by atoms with Gasteiger partial charge < -0.3 is 15.2 Å². The maximum atomic E-state index is 8.94. The lowest BCUT2D eigenvalue weighted by molar-refractivity contribution is -0.0632. The molecule has 1 saturated heterocycles. The monoisotopic (exact) mass is 229 g/mol. The van der Waals surface area contributed by atoms with E-state index >= 15 is 0 Å². The summed E-state index contributed by atoms with van der Waals surface area (Å²) in [5.74, 6) is 0.607. The molecule has 2 atom stereocenters. The lowest BCUT2D eigenvalue weighted by Gasteiger charge is -2.36. The molecule has 0 aromatic carbocycles. The highest BCUT2D eigenvalue weighted by Crippen LogP contribution is 2.24. The fraction of sp³-hybridized carbons (Fsp3) is 1.00. The maximum Gasteiger partial charge on any atom is 0.0641 e. The minimum Gasteiger partial charge on any atom is -0.396 e. The van der Waals surface area contributed by atoms with Gasteiger partial charge in [-0.2, -0.15) is 0 Å². The molecular formula is C13H27NO2. The number of hydrogen-bond acceptors (Lipinski definition) is 3. The van der Waals surface area contributed by atoms with Crippen LogP contribution in [-0.2, 0) is 4.74 Å². The average molecular weight is 229 g/mol. The van der Waals surface area contributed by atoms with E-state index in [-0.39, 0.29) is 5.60 Å². The van der Waals surface area contributed by atoms with Crippen molar-refractivity contribution in [1.82, 2.24) is 5.32 Å². The number of rotatable bonds is 6. The standard InChI is InChI=1S/C13H27NO2/c1-4-11(5-7-15)10-14-12-6-8-16-13(2,3)9-12/h11-12,14-15H,4-10H2,1-3H3. The van der Waals surface area contributed by atoms with Crippen LogP contribution in [0.3, 0.4) is 0 Å². The molecule has 96 valence electrons. The summed E-state index contributed by atoms with van der Waals surface area (Å²) in [4.78, 5) is 0. The third-order valence-electron chi connectivity index (χ3n) is 3.51. The van der Waals surface area contributed by atoms with Gasteiger partial charge in [0.25, 0.3) is 0 Å². The van der Waals surface area contributed by atoms with Crippen LogP contribution in [0.25, 0.3) is 0 Å². The highest BCUT2D eigenvalue weighted by molar-refractivity contribution is 4.83. The second-order valence-electron chi connectivity index (χ2n) is 5.49. The van der Waals surface area contributed by atoms with Crippen molar-refractivity contribution in [3.8, 4) is 0 Å². The van der Waals surface area contributed by atoms with Crippen molar-refractivity contribution in [3.63, 3.8) is 0 Å². The Morgan fingerprint density at radius 3 is 2.81 bits per heavy atom. The van der Waals surface area contributed by atoms with Crippen molar-refractivity contribution in [2.24, 2.45) is 5.92 Å². The van der Waals surface area contributed by atoms with Crippen molar-refractivity contribution in [1.29, 1.82) is 0 Å². The molecule has 1 rings (SSSR count). The SMILES string of the molecule is CCC(CCO)CNC1CCOC(C)(C)C1. The third-order valence-corrected chi connectivity index (χ3v) is 3.51. The van der Waals surface area contributed by atoms with Gasteiger partial charge in [0.1, 0.15) is 0 Å². The normalized spacial score (nSPS) is 26.6. The minimum absolute atomic E-state index is 0.0224. The van der Waals surface area contributed by atoms with Crippen LogP contribution in [0.2, 0.25) is 0 Å². The summed E-state index contributed by atoms with van der Waals surface area (Å²) in [6, 6.07) is 0.580. The highest BCUT2D eigenvalue weighted by atomic mass is 16.5. The van der Waals surface area contributed by atoms with E-state index in [1.54, 1.807) is 0 Å². The molecule has 1 aliphatic rings. The molecule has 2 unspecified atom stereocenters. The van der Waals surface area contributed by atoms with Gasteiger partial charge in [-0.15, -0.1) is 0 Å². The Morgan fingerprint density at radius 2 is 2.25 bits per heavy atom. The van der Waals surface area contributed by atoms with Crippen LogP contribution in [0.1, 0.15) is 46.5 Å². The second-order valence-corrected chi connectivity index (χ2v) is 5.49. The van der Waals surface area contributed by atoms with E-state index in [9.17, 15) is 0 Å². The average Bonchev–Trinajstić information content (AvgIpc) is 2.23. The third kappa shape index (κ3) is 4.81. The highest BCUT2D eigenvalue weighted by Gasteiger charge is 2.28. The van der Waals surface area contributed by atoms with E-state index in [1.165, 1.54) is 0 Å². The fourth-order valence-corrected chi connectivity index (χ4v) is 2.37. The zero-order valence-corrected chi connectivity index (χ0v) is 11.0. The van der Waals surface area contributed by atoms with Gasteiger partial charge in [-0.3, -0.25) is 0 Å². The Bertz CT molecular complexity index is 194. The van der Waals surface area contributed by atoms with E-state index in [0.29, 0.717) is 18.6 Å². The lowest BCUT2D eigenvalue weighted by Crippen LogP contribution is -2.45. The first-order chi connectivity index (χ1) is 7.57. The molecule has 0 bridgehead atoms. The maximum absolute atomic E-state index is 8.94. The van der Waals surface area contributed by atoms with E-state index in [2.05, 4.69) is 26.1 Å². The lowest BCUT2D eigenvalue weighted by atomic mass is 9.93. The van der Waals surface area contributed by atoms with Crippen molar-refractivity contribution >= 4 is 0 Å². The Hall–Kier alpha value is -0.120. The van der Waals surface area contributed by atoms with Crippen molar-refractivity contribution < 1.29 is 9.84 Å². The summed E-state index contributed by atoms with van der Waals surface area (Å²) >= 11 is 0. The molecule has 0 radical (unpaired) electrons. The molecule has 3 heteroatoms. The summed E-state index contributed by atoms with van der Waals surface area (Å²) in [7, 11) is 0. The molecule has 0 aromatic rings. The Kier molecular flexibility index (Phi) is 5.73. The smallest absolute Gasteiger partial charge is 0.0641 e. The number of aliphatic hydroxyl groups is 1. The van der Waals surface area contributed by atoms with E-state index in [0.717, 1.165) is 38.8 Å². The van der Waals surface area contributed by atoms with Gasteiger partial charge in [0, 0.05) is 19.3 Å². The molecule has 0 saturated carbocycles. The van der Waals surface area contributed by atoms with E-state index < -0.39 is 0 Å². The topological polar surface area (TPSA) is 41.5 Å². The minimum atomic E-state index is 0.0224. The number of nitrogens with one attached hydrogen (secondary N) is 1. The van der Waals surface area contributed by atoms with Gasteiger partial charge in [-0.1, -0.05) is 13.3 Å². The molecule has 0 aliphatic carbocycles. The predicted octanol–water partition coefficient (Wildman–Crippen LogP) is 1.94. The second kappa shape index (κ2) is 6.58. The molecular weight excluding hydrogens is 202 g/mol. The first-order valence-corrected chi connectivity index (χ1v) is 6.55. The number of aliphatic hydroxyl groups excluding tert-OH is 1. The van der Waals surface area contributed by atoms with Gasteiger partial charge in [0.2, 0.25) is 0 Å². The van der Waals surface area contributed by atoms with Crippen LogP contribution < -0.4 is 5.32 Å². The Labute approximate surface area is 99.6 Å². The van der Waals surface area contributed by atoms with E-state index in [1.807, 2.05) is 0 Å². The molecule has 2 N–H and O–H groups in total. The number of ether oxygens (including phenoxy) is 1. The van der Waals surface area contributed by atoms with Crippen LogP contribution in [0.5, 0.6) is 0 Å². The quantitative estimate of drug-likeness (QED) is 0.731. The molecule has 0 amide bonds. The van der Waals surface area contributed by atoms with Gasteiger partial charge in [0.05, 0.1) is 5.60 Å². The first-order valence-electron chi connectivity index (χ1n) is 6.55. The van der Waals surface area contributed by atoms with Crippen LogP contribution >= 0.6 is 0 Å². The summed E-state index contributed by atoms with van der Waals surface area (Å²) in [5, 5.41) is 12.6. The zero-order valence-electron chi connectivity index (χ0n) is 11.0. The van der Waals surface area contributed by atoms with Crippen LogP contribution in [-0.4, -0.2) is 36.5 Å². The summed E-state index contributed by atoms with van der Waals surface area (Å²) in [6.45, 7) is 8.70.